The molecule has 6 nitrogen and oxygen atoms in total. The molecular formula is C22H21N3O3. The number of nitrogens with zero attached hydrogens (tertiary/aromatic N) is 2. The molecule has 0 bridgehead atoms. The summed E-state index contributed by atoms with van der Waals surface area (Å²) in [5.41, 5.74) is 2.11. The summed E-state index contributed by atoms with van der Waals surface area (Å²) in [5, 5.41) is 0. The number of aromatic amines is 1. The van der Waals surface area contributed by atoms with Crippen LogP contribution in [0.15, 0.2) is 65.6 Å². The third-order valence-electron chi connectivity index (χ3n) is 5.10. The van der Waals surface area contributed by atoms with Crippen molar-refractivity contribution in [3.63, 3.8) is 0 Å². The van der Waals surface area contributed by atoms with Crippen LogP contribution < -0.4 is 10.3 Å². The van der Waals surface area contributed by atoms with Crippen molar-refractivity contribution in [2.75, 3.05) is 7.05 Å². The largest absolute Gasteiger partial charge is 0.486 e. The number of hydrogen-bond donors (Lipinski definition) is 1. The number of para-hydroxylation sites is 1. The van der Waals surface area contributed by atoms with Gasteiger partial charge in [0.15, 0.2) is 0 Å². The third kappa shape index (κ3) is 3.67. The second-order valence-electron chi connectivity index (χ2n) is 6.92. The van der Waals surface area contributed by atoms with Crippen LogP contribution in [0.1, 0.15) is 27.3 Å². The van der Waals surface area contributed by atoms with Gasteiger partial charge in [0.05, 0.1) is 0 Å². The van der Waals surface area contributed by atoms with Crippen molar-refractivity contribution in [2.45, 2.75) is 25.5 Å². The van der Waals surface area contributed by atoms with Gasteiger partial charge in [-0.25, -0.2) is 4.98 Å². The first-order valence-electron chi connectivity index (χ1n) is 9.22. The summed E-state index contributed by atoms with van der Waals surface area (Å²) in [6.45, 7) is 0.126. The smallest absolute Gasteiger partial charge is 0.263 e. The third-order valence-corrected chi connectivity index (χ3v) is 5.10. The zero-order valence-electron chi connectivity index (χ0n) is 15.6. The summed E-state index contributed by atoms with van der Waals surface area (Å²) in [6, 6.07) is 17.5. The van der Waals surface area contributed by atoms with Gasteiger partial charge in [-0.05, 0) is 36.1 Å². The van der Waals surface area contributed by atoms with E-state index in [4.69, 9.17) is 4.74 Å². The van der Waals surface area contributed by atoms with Gasteiger partial charge in [0.1, 0.15) is 23.7 Å². The number of aromatic nitrogens is 2. The number of hydrogen-bond acceptors (Lipinski definition) is 4. The van der Waals surface area contributed by atoms with Crippen molar-refractivity contribution in [3.8, 4) is 5.75 Å². The minimum atomic E-state index is -0.450. The molecule has 142 valence electrons. The number of H-pyrrole nitrogens is 1. The number of carbonyl (C=O) groups is 1. The van der Waals surface area contributed by atoms with Crippen LogP contribution in [0.2, 0.25) is 0 Å². The quantitative estimate of drug-likeness (QED) is 0.744. The number of fused-ring (bicyclic) bond motifs is 1. The Morgan fingerprint density at radius 3 is 2.39 bits per heavy atom. The van der Waals surface area contributed by atoms with Crippen molar-refractivity contribution in [1.29, 1.82) is 0 Å². The number of ether oxygens (including phenoxy) is 1. The first-order valence-corrected chi connectivity index (χ1v) is 9.22. The van der Waals surface area contributed by atoms with E-state index in [1.165, 1.54) is 17.3 Å². The molecule has 3 aromatic rings. The monoisotopic (exact) mass is 375 g/mol. The van der Waals surface area contributed by atoms with E-state index < -0.39 is 5.56 Å². The molecule has 1 amide bonds. The van der Waals surface area contributed by atoms with E-state index in [1.807, 2.05) is 42.5 Å². The van der Waals surface area contributed by atoms with Crippen molar-refractivity contribution in [1.82, 2.24) is 14.9 Å². The summed E-state index contributed by atoms with van der Waals surface area (Å²) in [7, 11) is 1.74. The highest BCUT2D eigenvalue weighted by Crippen LogP contribution is 2.25. The molecule has 0 saturated heterocycles. The van der Waals surface area contributed by atoms with Gasteiger partial charge in [-0.3, -0.25) is 9.59 Å². The van der Waals surface area contributed by atoms with Crippen LogP contribution in [0.4, 0.5) is 0 Å². The number of benzene rings is 2. The van der Waals surface area contributed by atoms with Crippen LogP contribution in [-0.2, 0) is 19.4 Å². The molecule has 4 rings (SSSR count). The van der Waals surface area contributed by atoms with Crippen LogP contribution >= 0.6 is 0 Å². The molecule has 0 unspecified atom stereocenters. The molecule has 2 aromatic carbocycles. The van der Waals surface area contributed by atoms with Crippen LogP contribution in [-0.4, -0.2) is 33.9 Å². The fraction of sp³-hybridized carbons (Fsp3) is 0.227. The standard InChI is InChI=1S/C22H21N3O3/c1-25(17-11-15-7-5-6-8-16(15)12-17)22(27)19-13-23-20(24-21(19)26)14-28-18-9-3-2-4-10-18/h2-10,13,17H,11-12,14H2,1H3,(H,23,24,26). The predicted octanol–water partition coefficient (Wildman–Crippen LogP) is 2.59. The highest BCUT2D eigenvalue weighted by Gasteiger charge is 2.29. The number of carbonyl (C=O) groups excluding carboxylic acids is 1. The molecule has 0 aliphatic heterocycles. The molecule has 0 saturated carbocycles. The van der Waals surface area contributed by atoms with Gasteiger partial charge in [0.2, 0.25) is 0 Å². The van der Waals surface area contributed by atoms with E-state index >= 15 is 0 Å². The Morgan fingerprint density at radius 2 is 1.75 bits per heavy atom. The lowest BCUT2D eigenvalue weighted by atomic mass is 10.1. The van der Waals surface area contributed by atoms with Crippen LogP contribution in [0.25, 0.3) is 0 Å². The first kappa shape index (κ1) is 18.0. The second kappa shape index (κ2) is 7.68. The van der Waals surface area contributed by atoms with Gasteiger partial charge in [-0.1, -0.05) is 42.5 Å². The maximum Gasteiger partial charge on any atom is 0.263 e. The summed E-state index contributed by atoms with van der Waals surface area (Å²) < 4.78 is 5.58. The predicted molar refractivity (Wildman–Crippen MR) is 105 cm³/mol. The van der Waals surface area contributed by atoms with Gasteiger partial charge < -0.3 is 14.6 Å². The van der Waals surface area contributed by atoms with Crippen molar-refractivity contribution < 1.29 is 9.53 Å². The van der Waals surface area contributed by atoms with E-state index in [2.05, 4.69) is 22.1 Å². The normalized spacial score (nSPS) is 13.2. The minimum Gasteiger partial charge on any atom is -0.486 e. The molecule has 1 heterocycles. The highest BCUT2D eigenvalue weighted by atomic mass is 16.5. The van der Waals surface area contributed by atoms with Gasteiger partial charge >= 0.3 is 0 Å². The van der Waals surface area contributed by atoms with Crippen LogP contribution in [0, 0.1) is 0 Å². The number of amides is 1. The molecule has 6 heteroatoms. The summed E-state index contributed by atoms with van der Waals surface area (Å²) in [5.74, 6) is 0.745. The lowest BCUT2D eigenvalue weighted by Gasteiger charge is -2.24. The van der Waals surface area contributed by atoms with Gasteiger partial charge in [-0.15, -0.1) is 0 Å². The van der Waals surface area contributed by atoms with E-state index in [9.17, 15) is 9.59 Å². The number of nitrogens with one attached hydrogen (secondary N) is 1. The Bertz CT molecular complexity index is 1020. The van der Waals surface area contributed by atoms with Crippen molar-refractivity contribution in [3.05, 3.63) is 93.7 Å². The molecule has 0 fully saturated rings. The number of rotatable bonds is 5. The Balaban J connectivity index is 1.44. The summed E-state index contributed by atoms with van der Waals surface area (Å²) in [6.07, 6.45) is 2.93. The van der Waals surface area contributed by atoms with Crippen molar-refractivity contribution >= 4 is 5.91 Å². The zero-order chi connectivity index (χ0) is 19.5. The molecule has 0 atom stereocenters. The molecule has 0 radical (unpaired) electrons. The van der Waals surface area contributed by atoms with Gasteiger partial charge in [0.25, 0.3) is 11.5 Å². The topological polar surface area (TPSA) is 75.3 Å². The lowest BCUT2D eigenvalue weighted by Crippen LogP contribution is -2.40. The second-order valence-corrected chi connectivity index (χ2v) is 6.92. The molecule has 1 aromatic heterocycles. The van der Waals surface area contributed by atoms with Gasteiger partial charge in [-0.2, -0.15) is 0 Å². The minimum absolute atomic E-state index is 0.0434. The Morgan fingerprint density at radius 1 is 1.11 bits per heavy atom. The SMILES string of the molecule is CN(C(=O)c1cnc(COc2ccccc2)[nH]c1=O)C1Cc2ccccc2C1. The Hall–Kier alpha value is -3.41. The molecule has 28 heavy (non-hydrogen) atoms. The summed E-state index contributed by atoms with van der Waals surface area (Å²) in [4.78, 5) is 33.8. The average Bonchev–Trinajstić information content (AvgIpc) is 3.16. The first-order chi connectivity index (χ1) is 13.6. The fourth-order valence-electron chi connectivity index (χ4n) is 3.49. The maximum absolute atomic E-state index is 12.8. The van der Waals surface area contributed by atoms with E-state index in [0.717, 1.165) is 12.8 Å². The summed E-state index contributed by atoms with van der Waals surface area (Å²) >= 11 is 0. The zero-order valence-corrected chi connectivity index (χ0v) is 15.6. The Kier molecular flexibility index (Phi) is 4.93. The molecular weight excluding hydrogens is 354 g/mol. The average molecular weight is 375 g/mol. The maximum atomic E-state index is 12.8. The van der Waals surface area contributed by atoms with Crippen LogP contribution in [0.3, 0.4) is 0 Å². The fourth-order valence-corrected chi connectivity index (χ4v) is 3.49. The van der Waals surface area contributed by atoms with E-state index in [1.54, 1.807) is 11.9 Å². The lowest BCUT2D eigenvalue weighted by molar-refractivity contribution is 0.0735. The van der Waals surface area contributed by atoms with Crippen LogP contribution in [0.5, 0.6) is 5.75 Å². The molecule has 1 N–H and O–H groups in total. The Labute approximate surface area is 162 Å². The van der Waals surface area contributed by atoms with E-state index in [-0.39, 0.29) is 24.1 Å². The molecule has 0 spiro atoms. The van der Waals surface area contributed by atoms with Crippen molar-refractivity contribution in [2.24, 2.45) is 0 Å². The molecule has 1 aliphatic rings. The van der Waals surface area contributed by atoms with Gasteiger partial charge in [0, 0.05) is 19.3 Å². The highest BCUT2D eigenvalue weighted by molar-refractivity contribution is 5.93. The molecule has 1 aliphatic carbocycles. The number of likely N-dealkylation sites (N-methyl/N-ethyl adjacent to an activating group) is 1. The van der Waals surface area contributed by atoms with E-state index in [0.29, 0.717) is 11.6 Å².